The summed E-state index contributed by atoms with van der Waals surface area (Å²) in [6.07, 6.45) is 1.72. The van der Waals surface area contributed by atoms with Crippen LogP contribution in [0.5, 0.6) is 17.4 Å². The minimum atomic E-state index is 0.112. The highest BCUT2D eigenvalue weighted by Crippen LogP contribution is 2.33. The minimum absolute atomic E-state index is 0.112. The van der Waals surface area contributed by atoms with E-state index in [1.54, 1.807) is 12.0 Å². The maximum Gasteiger partial charge on any atom is 0.226 e. The molecule has 0 atom stereocenters. The second-order valence-corrected chi connectivity index (χ2v) is 8.21. The Balaban J connectivity index is 2.01. The average Bonchev–Trinajstić information content (AvgIpc) is 3.15. The predicted octanol–water partition coefficient (Wildman–Crippen LogP) is 5.34. The van der Waals surface area contributed by atoms with Crippen LogP contribution in [0.4, 0.5) is 0 Å². The van der Waals surface area contributed by atoms with Gasteiger partial charge in [-0.25, -0.2) is 4.68 Å². The summed E-state index contributed by atoms with van der Waals surface area (Å²) in [5.41, 5.74) is 3.94. The Labute approximate surface area is 190 Å². The van der Waals surface area contributed by atoms with Crippen LogP contribution in [0.2, 0.25) is 0 Å². The Kier molecular flexibility index (Phi) is 7.57. The molecule has 0 unspecified atom stereocenters. The molecule has 6 nitrogen and oxygen atoms in total. The number of methoxy groups -OCH3 is 1. The van der Waals surface area contributed by atoms with Crippen molar-refractivity contribution in [2.75, 3.05) is 14.2 Å². The summed E-state index contributed by atoms with van der Waals surface area (Å²) >= 11 is 0. The third-order valence-corrected chi connectivity index (χ3v) is 5.66. The summed E-state index contributed by atoms with van der Waals surface area (Å²) < 4.78 is 13.5. The van der Waals surface area contributed by atoms with E-state index in [-0.39, 0.29) is 11.9 Å². The highest BCUT2D eigenvalue weighted by molar-refractivity contribution is 5.76. The number of nitrogens with zero attached hydrogens (tertiary/aromatic N) is 3. The molecule has 1 amide bonds. The normalized spacial score (nSPS) is 11.0. The fourth-order valence-electron chi connectivity index (χ4n) is 3.43. The summed E-state index contributed by atoms with van der Waals surface area (Å²) in [6, 6.07) is 15.8. The zero-order chi connectivity index (χ0) is 23.3. The highest BCUT2D eigenvalue weighted by Gasteiger charge is 2.22. The fraction of sp³-hybridized carbons (Fsp3) is 0.385. The number of aryl methyl sites for hydroxylation is 2. The molecule has 0 bridgehead atoms. The van der Waals surface area contributed by atoms with Crippen LogP contribution in [-0.2, 0) is 17.6 Å². The van der Waals surface area contributed by atoms with Crippen molar-refractivity contribution in [3.63, 3.8) is 0 Å². The van der Waals surface area contributed by atoms with Crippen LogP contribution in [0.15, 0.2) is 48.5 Å². The van der Waals surface area contributed by atoms with Crippen molar-refractivity contribution < 1.29 is 14.3 Å². The summed E-state index contributed by atoms with van der Waals surface area (Å²) in [5, 5.41) is 4.85. The number of carbonyl (C=O) groups is 1. The van der Waals surface area contributed by atoms with E-state index < -0.39 is 0 Å². The van der Waals surface area contributed by atoms with E-state index >= 15 is 0 Å². The van der Waals surface area contributed by atoms with E-state index in [4.69, 9.17) is 14.6 Å². The van der Waals surface area contributed by atoms with Crippen molar-refractivity contribution in [1.82, 2.24) is 14.7 Å². The monoisotopic (exact) mass is 435 g/mol. The van der Waals surface area contributed by atoms with Crippen molar-refractivity contribution >= 4 is 5.91 Å². The Bertz CT molecular complexity index is 1040. The van der Waals surface area contributed by atoms with Gasteiger partial charge in [-0.1, -0.05) is 24.6 Å². The van der Waals surface area contributed by atoms with Gasteiger partial charge in [-0.3, -0.25) is 4.79 Å². The number of amides is 1. The van der Waals surface area contributed by atoms with Gasteiger partial charge in [0.15, 0.2) is 0 Å². The summed E-state index contributed by atoms with van der Waals surface area (Å²) in [7, 11) is 3.49. The molecule has 6 heteroatoms. The van der Waals surface area contributed by atoms with Crippen LogP contribution in [-0.4, -0.2) is 40.8 Å². The van der Waals surface area contributed by atoms with E-state index in [1.165, 1.54) is 0 Å². The molecule has 0 aliphatic rings. The molecule has 0 fully saturated rings. The Hall–Kier alpha value is -3.28. The lowest BCUT2D eigenvalue weighted by atomic mass is 10.1. The topological polar surface area (TPSA) is 56.6 Å². The van der Waals surface area contributed by atoms with Crippen LogP contribution in [0.25, 0.3) is 5.69 Å². The van der Waals surface area contributed by atoms with Gasteiger partial charge in [0.25, 0.3) is 0 Å². The molecule has 1 heterocycles. The molecule has 3 rings (SSSR count). The van der Waals surface area contributed by atoms with Gasteiger partial charge in [0, 0.05) is 25.1 Å². The van der Waals surface area contributed by atoms with Crippen LogP contribution in [0, 0.1) is 6.92 Å². The van der Waals surface area contributed by atoms with Gasteiger partial charge >= 0.3 is 0 Å². The van der Waals surface area contributed by atoms with Crippen LogP contribution in [0.3, 0.4) is 0 Å². The molecule has 0 aliphatic heterocycles. The van der Waals surface area contributed by atoms with Gasteiger partial charge in [0.2, 0.25) is 11.8 Å². The summed E-state index contributed by atoms with van der Waals surface area (Å²) in [5.74, 6) is 2.27. The molecule has 3 aromatic rings. The molecule has 0 spiro atoms. The smallest absolute Gasteiger partial charge is 0.226 e. The number of benzene rings is 2. The van der Waals surface area contributed by atoms with Crippen molar-refractivity contribution in [1.29, 1.82) is 0 Å². The number of ether oxygens (including phenoxy) is 2. The highest BCUT2D eigenvalue weighted by atomic mass is 16.5. The van der Waals surface area contributed by atoms with Gasteiger partial charge in [0.05, 0.1) is 18.5 Å². The molecular weight excluding hydrogens is 402 g/mol. The molecule has 0 saturated heterocycles. The zero-order valence-corrected chi connectivity index (χ0v) is 19.9. The van der Waals surface area contributed by atoms with Crippen LogP contribution in [0.1, 0.15) is 44.0 Å². The molecule has 32 heavy (non-hydrogen) atoms. The molecule has 1 aromatic heterocycles. The lowest BCUT2D eigenvalue weighted by Gasteiger charge is -2.21. The lowest BCUT2D eigenvalue weighted by molar-refractivity contribution is -0.131. The van der Waals surface area contributed by atoms with Gasteiger partial charge in [-0.05, 0) is 70.0 Å². The first-order valence-electron chi connectivity index (χ1n) is 11.1. The molecule has 0 saturated carbocycles. The maximum absolute atomic E-state index is 12.7. The van der Waals surface area contributed by atoms with E-state index in [9.17, 15) is 4.79 Å². The van der Waals surface area contributed by atoms with Gasteiger partial charge in [-0.15, -0.1) is 0 Å². The number of carbonyl (C=O) groups excluding carboxylic acids is 1. The molecule has 2 aromatic carbocycles. The summed E-state index contributed by atoms with van der Waals surface area (Å²) in [4.78, 5) is 14.4. The van der Waals surface area contributed by atoms with Crippen molar-refractivity contribution in [3.05, 3.63) is 65.4 Å². The molecule has 170 valence electrons. The SMILES string of the molecule is CCc1nn(-c2ccc(OC)cc2)c(Oc2ccc(C)cc2)c1CCC(=O)N(C)C(C)C. The van der Waals surface area contributed by atoms with E-state index in [0.717, 1.165) is 40.4 Å². The van der Waals surface area contributed by atoms with Gasteiger partial charge < -0.3 is 14.4 Å². The van der Waals surface area contributed by atoms with Gasteiger partial charge in [0.1, 0.15) is 11.5 Å². The zero-order valence-electron chi connectivity index (χ0n) is 19.9. The Morgan fingerprint density at radius 2 is 1.69 bits per heavy atom. The third kappa shape index (κ3) is 5.31. The maximum atomic E-state index is 12.7. The molecule has 0 aliphatic carbocycles. The minimum Gasteiger partial charge on any atom is -0.497 e. The first kappa shape index (κ1) is 23.4. The van der Waals surface area contributed by atoms with Crippen LogP contribution < -0.4 is 9.47 Å². The average molecular weight is 436 g/mol. The quantitative estimate of drug-likeness (QED) is 0.455. The number of aromatic nitrogens is 2. The fourth-order valence-corrected chi connectivity index (χ4v) is 3.43. The largest absolute Gasteiger partial charge is 0.497 e. The predicted molar refractivity (Wildman–Crippen MR) is 127 cm³/mol. The Morgan fingerprint density at radius 1 is 1.06 bits per heavy atom. The van der Waals surface area contributed by atoms with Crippen LogP contribution >= 0.6 is 0 Å². The second-order valence-electron chi connectivity index (χ2n) is 8.21. The van der Waals surface area contributed by atoms with Gasteiger partial charge in [-0.2, -0.15) is 5.10 Å². The molecule has 0 radical (unpaired) electrons. The molecular formula is C26H33N3O3. The number of hydrogen-bond acceptors (Lipinski definition) is 4. The van der Waals surface area contributed by atoms with E-state index in [1.807, 2.05) is 81.0 Å². The van der Waals surface area contributed by atoms with Crippen molar-refractivity contribution in [2.45, 2.75) is 53.0 Å². The van der Waals surface area contributed by atoms with Crippen molar-refractivity contribution in [2.24, 2.45) is 0 Å². The number of hydrogen-bond donors (Lipinski definition) is 0. The second kappa shape index (κ2) is 10.4. The first-order valence-corrected chi connectivity index (χ1v) is 11.1. The first-order chi connectivity index (χ1) is 15.3. The van der Waals surface area contributed by atoms with E-state index in [2.05, 4.69) is 6.92 Å². The number of rotatable bonds is 9. The Morgan fingerprint density at radius 3 is 2.25 bits per heavy atom. The summed E-state index contributed by atoms with van der Waals surface area (Å²) in [6.45, 7) is 8.15. The third-order valence-electron chi connectivity index (χ3n) is 5.66. The molecule has 0 N–H and O–H groups in total. The standard InChI is InChI=1S/C26H33N3O3/c1-7-24-23(16-17-25(30)28(5)18(2)3)26(32-22-12-8-19(4)9-13-22)29(27-24)20-10-14-21(31-6)15-11-20/h8-15,18H,7,16-17H2,1-6H3. The van der Waals surface area contributed by atoms with E-state index in [0.29, 0.717) is 18.7 Å². The lowest BCUT2D eigenvalue weighted by Crippen LogP contribution is -2.33. The van der Waals surface area contributed by atoms with Crippen molar-refractivity contribution in [3.8, 4) is 23.1 Å².